The molecule has 1 nitrogen and oxygen atoms in total. The second-order valence-corrected chi connectivity index (χ2v) is 5.07. The summed E-state index contributed by atoms with van der Waals surface area (Å²) in [6.45, 7) is 14.4. The van der Waals surface area contributed by atoms with Crippen molar-refractivity contribution in [3.8, 4) is 0 Å². The largest absolute Gasteiger partial charge is 0.312 e. The van der Waals surface area contributed by atoms with Gasteiger partial charge in [-0.15, -0.1) is 0 Å². The second kappa shape index (κ2) is 5.43. The van der Waals surface area contributed by atoms with Crippen molar-refractivity contribution < 1.29 is 0 Å². The minimum absolute atomic E-state index is 0.250. The molecular formula is C12H25N. The molecule has 0 saturated heterocycles. The molecular weight excluding hydrogens is 158 g/mol. The molecule has 0 saturated carbocycles. The first kappa shape index (κ1) is 12.7. The van der Waals surface area contributed by atoms with Crippen LogP contribution in [0.4, 0.5) is 0 Å². The predicted molar refractivity (Wildman–Crippen MR) is 61.0 cm³/mol. The maximum Gasteiger partial charge on any atom is 0.00966 e. The van der Waals surface area contributed by atoms with E-state index in [1.165, 1.54) is 5.57 Å². The van der Waals surface area contributed by atoms with Crippen LogP contribution in [0, 0.1) is 5.92 Å². The number of allylic oxidation sites excluding steroid dienone is 1. The van der Waals surface area contributed by atoms with Gasteiger partial charge in [0.15, 0.2) is 0 Å². The molecule has 0 amide bonds. The molecule has 0 aromatic carbocycles. The molecule has 0 aromatic rings. The highest BCUT2D eigenvalue weighted by molar-refractivity contribution is 5.00. The van der Waals surface area contributed by atoms with Crippen LogP contribution in [0.5, 0.6) is 0 Å². The van der Waals surface area contributed by atoms with E-state index in [1.54, 1.807) is 0 Å². The Hall–Kier alpha value is -0.300. The van der Waals surface area contributed by atoms with Gasteiger partial charge in [0.05, 0.1) is 0 Å². The van der Waals surface area contributed by atoms with Gasteiger partial charge in [0, 0.05) is 5.54 Å². The van der Waals surface area contributed by atoms with Crippen molar-refractivity contribution >= 4 is 0 Å². The average Bonchev–Trinajstić information content (AvgIpc) is 1.95. The lowest BCUT2D eigenvalue weighted by atomic mass is 10.0. The van der Waals surface area contributed by atoms with Gasteiger partial charge >= 0.3 is 0 Å². The minimum atomic E-state index is 0.250. The normalized spacial score (nSPS) is 13.9. The maximum atomic E-state index is 3.47. The summed E-state index contributed by atoms with van der Waals surface area (Å²) in [5, 5.41) is 3.47. The highest BCUT2D eigenvalue weighted by atomic mass is 14.9. The zero-order valence-electron chi connectivity index (χ0n) is 10.1. The van der Waals surface area contributed by atoms with E-state index in [2.05, 4.69) is 52.9 Å². The Morgan fingerprint density at radius 2 is 1.85 bits per heavy atom. The summed E-state index contributed by atoms with van der Waals surface area (Å²) in [6.07, 6.45) is 3.48. The van der Waals surface area contributed by atoms with Crippen LogP contribution in [0.15, 0.2) is 11.6 Å². The molecule has 0 heterocycles. The fourth-order valence-electron chi connectivity index (χ4n) is 0.983. The summed E-state index contributed by atoms with van der Waals surface area (Å²) in [5.74, 6) is 0.689. The van der Waals surface area contributed by atoms with Crippen molar-refractivity contribution in [1.82, 2.24) is 5.32 Å². The van der Waals surface area contributed by atoms with E-state index in [9.17, 15) is 0 Å². The molecule has 78 valence electrons. The van der Waals surface area contributed by atoms with Crippen LogP contribution in [0.1, 0.15) is 48.0 Å². The lowest BCUT2D eigenvalue weighted by Crippen LogP contribution is -2.36. The average molecular weight is 183 g/mol. The van der Waals surface area contributed by atoms with Crippen LogP contribution in [-0.2, 0) is 0 Å². The van der Waals surface area contributed by atoms with Gasteiger partial charge < -0.3 is 5.32 Å². The third-order valence-corrected chi connectivity index (χ3v) is 2.18. The number of hydrogen-bond acceptors (Lipinski definition) is 1. The van der Waals surface area contributed by atoms with E-state index >= 15 is 0 Å². The van der Waals surface area contributed by atoms with E-state index < -0.39 is 0 Å². The molecule has 0 aliphatic rings. The Kier molecular flexibility index (Phi) is 5.31. The Morgan fingerprint density at radius 3 is 2.23 bits per heavy atom. The lowest BCUT2D eigenvalue weighted by molar-refractivity contribution is 0.431. The van der Waals surface area contributed by atoms with Crippen LogP contribution in [0.25, 0.3) is 0 Å². The van der Waals surface area contributed by atoms with Crippen molar-refractivity contribution in [2.45, 2.75) is 53.5 Å². The maximum absolute atomic E-state index is 3.47. The van der Waals surface area contributed by atoms with Crippen LogP contribution in [0.3, 0.4) is 0 Å². The third kappa shape index (κ3) is 8.04. The summed E-state index contributed by atoms with van der Waals surface area (Å²) < 4.78 is 0. The molecule has 0 atom stereocenters. The quantitative estimate of drug-likeness (QED) is 0.520. The van der Waals surface area contributed by atoms with E-state index in [0.717, 1.165) is 13.0 Å². The first-order valence-corrected chi connectivity index (χ1v) is 5.24. The molecule has 0 aromatic heterocycles. The summed E-state index contributed by atoms with van der Waals surface area (Å²) in [4.78, 5) is 0. The zero-order valence-corrected chi connectivity index (χ0v) is 10.1. The molecule has 0 aliphatic carbocycles. The summed E-state index contributed by atoms with van der Waals surface area (Å²) in [5.41, 5.74) is 1.75. The summed E-state index contributed by atoms with van der Waals surface area (Å²) in [6, 6.07) is 0. The van der Waals surface area contributed by atoms with Gasteiger partial charge in [-0.25, -0.2) is 0 Å². The molecule has 0 unspecified atom stereocenters. The fourth-order valence-corrected chi connectivity index (χ4v) is 0.983. The van der Waals surface area contributed by atoms with Crippen molar-refractivity contribution in [2.75, 3.05) is 6.54 Å². The molecule has 0 bridgehead atoms. The first-order chi connectivity index (χ1) is 5.83. The Balaban J connectivity index is 3.62. The van der Waals surface area contributed by atoms with Crippen LogP contribution in [-0.4, -0.2) is 12.1 Å². The Morgan fingerprint density at radius 1 is 1.31 bits per heavy atom. The molecule has 0 radical (unpaired) electrons. The zero-order chi connectivity index (χ0) is 10.5. The van der Waals surface area contributed by atoms with Crippen molar-refractivity contribution in [3.63, 3.8) is 0 Å². The van der Waals surface area contributed by atoms with Gasteiger partial charge in [-0.3, -0.25) is 0 Å². The minimum Gasteiger partial charge on any atom is -0.312 e. The third-order valence-electron chi connectivity index (χ3n) is 2.18. The lowest BCUT2D eigenvalue weighted by Gasteiger charge is -2.20. The molecule has 0 aliphatic heterocycles. The Bertz CT molecular complexity index is 160. The standard InChI is InChI=1S/C12H25N/c1-10(2)11(3)8-7-9-13-12(4,5)6/h8,10,13H,7,9H2,1-6H3. The molecule has 13 heavy (non-hydrogen) atoms. The predicted octanol–water partition coefficient (Wildman–Crippen LogP) is 3.37. The topological polar surface area (TPSA) is 12.0 Å². The van der Waals surface area contributed by atoms with Crippen LogP contribution in [0.2, 0.25) is 0 Å². The van der Waals surface area contributed by atoms with Crippen LogP contribution < -0.4 is 5.32 Å². The SMILES string of the molecule is CC(=CCCNC(C)(C)C)C(C)C. The molecule has 1 heteroatoms. The van der Waals surface area contributed by atoms with E-state index in [4.69, 9.17) is 0 Å². The second-order valence-electron chi connectivity index (χ2n) is 5.07. The van der Waals surface area contributed by atoms with Gasteiger partial charge in [0.1, 0.15) is 0 Å². The van der Waals surface area contributed by atoms with Crippen molar-refractivity contribution in [3.05, 3.63) is 11.6 Å². The van der Waals surface area contributed by atoms with Gasteiger partial charge in [-0.1, -0.05) is 25.5 Å². The van der Waals surface area contributed by atoms with E-state index in [0.29, 0.717) is 5.92 Å². The van der Waals surface area contributed by atoms with Crippen molar-refractivity contribution in [2.24, 2.45) is 5.92 Å². The molecule has 0 spiro atoms. The van der Waals surface area contributed by atoms with E-state index in [-0.39, 0.29) is 5.54 Å². The highest BCUT2D eigenvalue weighted by Gasteiger charge is 2.06. The van der Waals surface area contributed by atoms with Gasteiger partial charge in [0.25, 0.3) is 0 Å². The van der Waals surface area contributed by atoms with Crippen molar-refractivity contribution in [1.29, 1.82) is 0 Å². The number of hydrogen-bond donors (Lipinski definition) is 1. The number of rotatable bonds is 4. The summed E-state index contributed by atoms with van der Waals surface area (Å²) >= 11 is 0. The molecule has 0 rings (SSSR count). The first-order valence-electron chi connectivity index (χ1n) is 5.24. The van der Waals surface area contributed by atoms with Gasteiger partial charge in [-0.2, -0.15) is 0 Å². The van der Waals surface area contributed by atoms with Crippen LogP contribution >= 0.6 is 0 Å². The monoisotopic (exact) mass is 183 g/mol. The van der Waals surface area contributed by atoms with Gasteiger partial charge in [-0.05, 0) is 46.6 Å². The smallest absolute Gasteiger partial charge is 0.00966 e. The fraction of sp³-hybridized carbons (Fsp3) is 0.833. The number of nitrogens with one attached hydrogen (secondary N) is 1. The molecule has 1 N–H and O–H groups in total. The molecule has 0 fully saturated rings. The Labute approximate surface area is 83.6 Å². The highest BCUT2D eigenvalue weighted by Crippen LogP contribution is 2.08. The van der Waals surface area contributed by atoms with E-state index in [1.807, 2.05) is 0 Å². The van der Waals surface area contributed by atoms with Gasteiger partial charge in [0.2, 0.25) is 0 Å². The summed E-state index contributed by atoms with van der Waals surface area (Å²) in [7, 11) is 0.